The predicted molar refractivity (Wildman–Crippen MR) is 44.4 cm³/mol. The molecule has 0 nitrogen and oxygen atoms in total. The number of hydrogen-bond donors (Lipinski definition) is 0. The molecule has 0 rings (SSSR count). The third kappa shape index (κ3) is 4.80. The van der Waals surface area contributed by atoms with Crippen LogP contribution in [0.25, 0.3) is 0 Å². The van der Waals surface area contributed by atoms with Crippen molar-refractivity contribution in [3.05, 3.63) is 12.7 Å². The van der Waals surface area contributed by atoms with Gasteiger partial charge in [0.05, 0.1) is 5.38 Å². The summed E-state index contributed by atoms with van der Waals surface area (Å²) in [6.07, 6.45) is 3.51. The first kappa shape index (κ1) is 9.32. The van der Waals surface area contributed by atoms with Crippen molar-refractivity contribution in [2.24, 2.45) is 0 Å². The van der Waals surface area contributed by atoms with Gasteiger partial charge in [-0.05, 0) is 12.8 Å². The summed E-state index contributed by atoms with van der Waals surface area (Å²) in [6.45, 7) is 5.60. The van der Waals surface area contributed by atoms with Gasteiger partial charge < -0.3 is 0 Å². The normalized spacial score (nSPS) is 16.8. The van der Waals surface area contributed by atoms with Gasteiger partial charge in [0, 0.05) is 5.38 Å². The van der Waals surface area contributed by atoms with E-state index in [0.717, 1.165) is 12.8 Å². The third-order valence-corrected chi connectivity index (χ3v) is 2.02. The first-order chi connectivity index (χ1) is 4.20. The van der Waals surface area contributed by atoms with Gasteiger partial charge in [-0.25, -0.2) is 0 Å². The van der Waals surface area contributed by atoms with Crippen LogP contribution < -0.4 is 0 Å². The van der Waals surface area contributed by atoms with E-state index in [0.29, 0.717) is 0 Å². The van der Waals surface area contributed by atoms with E-state index >= 15 is 0 Å². The molecule has 0 fully saturated rings. The molecule has 0 saturated carbocycles. The number of hydrogen-bond acceptors (Lipinski definition) is 0. The average molecular weight is 167 g/mol. The molecule has 2 heteroatoms. The highest BCUT2D eigenvalue weighted by molar-refractivity contribution is 6.24. The van der Waals surface area contributed by atoms with E-state index < -0.39 is 0 Å². The zero-order valence-corrected chi connectivity index (χ0v) is 7.12. The molecular weight excluding hydrogens is 155 g/mol. The van der Waals surface area contributed by atoms with Crippen molar-refractivity contribution in [3.8, 4) is 0 Å². The van der Waals surface area contributed by atoms with Crippen molar-refractivity contribution in [3.63, 3.8) is 0 Å². The molecule has 0 aliphatic heterocycles. The Labute approximate surface area is 66.8 Å². The van der Waals surface area contributed by atoms with Crippen molar-refractivity contribution in [1.29, 1.82) is 0 Å². The molecule has 2 atom stereocenters. The zero-order valence-electron chi connectivity index (χ0n) is 5.61. The maximum Gasteiger partial charge on any atom is 0.0527 e. The minimum Gasteiger partial charge on any atom is -0.123 e. The fourth-order valence-electron chi connectivity index (χ4n) is 0.507. The predicted octanol–water partition coefficient (Wildman–Crippen LogP) is 3.19. The highest BCUT2D eigenvalue weighted by atomic mass is 35.5. The van der Waals surface area contributed by atoms with E-state index in [1.54, 1.807) is 6.08 Å². The average Bonchev–Trinajstić information content (AvgIpc) is 1.87. The topological polar surface area (TPSA) is 0 Å². The van der Waals surface area contributed by atoms with Gasteiger partial charge in [0.25, 0.3) is 0 Å². The highest BCUT2D eigenvalue weighted by Gasteiger charge is 2.05. The second-order valence-electron chi connectivity index (χ2n) is 1.99. The lowest BCUT2D eigenvalue weighted by atomic mass is 10.2. The van der Waals surface area contributed by atoms with E-state index in [-0.39, 0.29) is 10.8 Å². The molecule has 54 valence electrons. The van der Waals surface area contributed by atoms with E-state index in [1.165, 1.54) is 0 Å². The Morgan fingerprint density at radius 3 is 2.44 bits per heavy atom. The molecular formula is C7H12Cl2. The second-order valence-corrected chi connectivity index (χ2v) is 3.17. The van der Waals surface area contributed by atoms with E-state index in [1.807, 2.05) is 6.92 Å². The minimum atomic E-state index is 0.0347. The molecule has 0 aliphatic carbocycles. The minimum absolute atomic E-state index is 0.0347. The van der Waals surface area contributed by atoms with Crippen molar-refractivity contribution < 1.29 is 0 Å². The van der Waals surface area contributed by atoms with Gasteiger partial charge in [-0.3, -0.25) is 0 Å². The lowest BCUT2D eigenvalue weighted by Gasteiger charge is -2.06. The lowest BCUT2D eigenvalue weighted by molar-refractivity contribution is 0.744. The largest absolute Gasteiger partial charge is 0.123 e. The Morgan fingerprint density at radius 1 is 1.56 bits per heavy atom. The molecule has 0 aromatic rings. The summed E-state index contributed by atoms with van der Waals surface area (Å²) in [4.78, 5) is 0. The van der Waals surface area contributed by atoms with Gasteiger partial charge in [0.1, 0.15) is 0 Å². The first-order valence-electron chi connectivity index (χ1n) is 3.11. The van der Waals surface area contributed by atoms with Crippen LogP contribution in [0.1, 0.15) is 19.8 Å². The highest BCUT2D eigenvalue weighted by Crippen LogP contribution is 2.13. The van der Waals surface area contributed by atoms with Gasteiger partial charge in [-0.1, -0.05) is 13.0 Å². The van der Waals surface area contributed by atoms with Gasteiger partial charge in [0.2, 0.25) is 0 Å². The van der Waals surface area contributed by atoms with E-state index in [2.05, 4.69) is 6.58 Å². The van der Waals surface area contributed by atoms with E-state index in [4.69, 9.17) is 23.2 Å². The Bertz CT molecular complexity index is 81.0. The Kier molecular flexibility index (Phi) is 5.31. The summed E-state index contributed by atoms with van der Waals surface area (Å²) >= 11 is 11.5. The summed E-state index contributed by atoms with van der Waals surface area (Å²) in [5.41, 5.74) is 0. The molecule has 0 radical (unpaired) electrons. The van der Waals surface area contributed by atoms with Crippen LogP contribution in [0.2, 0.25) is 0 Å². The molecule has 0 aromatic heterocycles. The standard InChI is InChI=1S/C7H12Cl2/c1-3-6(8)5-7(9)4-2/h3,6-7H,1,4-5H2,2H3. The Hall–Kier alpha value is 0.320. The Balaban J connectivity index is 3.33. The van der Waals surface area contributed by atoms with Crippen LogP contribution in [0.5, 0.6) is 0 Å². The summed E-state index contributed by atoms with van der Waals surface area (Å²) < 4.78 is 0. The maximum absolute atomic E-state index is 5.81. The summed E-state index contributed by atoms with van der Waals surface area (Å²) in [6, 6.07) is 0. The fraction of sp³-hybridized carbons (Fsp3) is 0.714. The van der Waals surface area contributed by atoms with Crippen LogP contribution in [0, 0.1) is 0 Å². The quantitative estimate of drug-likeness (QED) is 0.445. The molecule has 0 spiro atoms. The third-order valence-electron chi connectivity index (χ3n) is 1.18. The molecule has 2 unspecified atom stereocenters. The van der Waals surface area contributed by atoms with Crippen molar-refractivity contribution in [2.45, 2.75) is 30.5 Å². The second kappa shape index (κ2) is 5.13. The number of halogens is 2. The lowest BCUT2D eigenvalue weighted by Crippen LogP contribution is -2.03. The van der Waals surface area contributed by atoms with Crippen LogP contribution in [-0.4, -0.2) is 10.8 Å². The Morgan fingerprint density at radius 2 is 2.11 bits per heavy atom. The van der Waals surface area contributed by atoms with Crippen LogP contribution >= 0.6 is 23.2 Å². The summed E-state index contributed by atoms with van der Waals surface area (Å²) in [5.74, 6) is 0. The SMILES string of the molecule is C=CC(Cl)CC(Cl)CC. The van der Waals surface area contributed by atoms with Gasteiger partial charge in [-0.15, -0.1) is 29.8 Å². The molecule has 0 heterocycles. The molecule has 0 bridgehead atoms. The number of alkyl halides is 2. The van der Waals surface area contributed by atoms with E-state index in [9.17, 15) is 0 Å². The number of allylic oxidation sites excluding steroid dienone is 1. The maximum atomic E-state index is 5.81. The van der Waals surface area contributed by atoms with Crippen LogP contribution in [-0.2, 0) is 0 Å². The van der Waals surface area contributed by atoms with Crippen LogP contribution in [0.15, 0.2) is 12.7 Å². The van der Waals surface area contributed by atoms with Gasteiger partial charge >= 0.3 is 0 Å². The number of rotatable bonds is 4. The van der Waals surface area contributed by atoms with Gasteiger partial charge in [-0.2, -0.15) is 0 Å². The molecule has 0 amide bonds. The monoisotopic (exact) mass is 166 g/mol. The van der Waals surface area contributed by atoms with Crippen molar-refractivity contribution in [1.82, 2.24) is 0 Å². The smallest absolute Gasteiger partial charge is 0.0527 e. The molecule has 0 saturated heterocycles. The summed E-state index contributed by atoms with van der Waals surface area (Å²) in [7, 11) is 0. The van der Waals surface area contributed by atoms with Crippen molar-refractivity contribution >= 4 is 23.2 Å². The van der Waals surface area contributed by atoms with Crippen LogP contribution in [0.4, 0.5) is 0 Å². The molecule has 0 aromatic carbocycles. The van der Waals surface area contributed by atoms with Crippen LogP contribution in [0.3, 0.4) is 0 Å². The molecule has 0 N–H and O–H groups in total. The zero-order chi connectivity index (χ0) is 7.28. The fourth-order valence-corrected chi connectivity index (χ4v) is 1.01. The van der Waals surface area contributed by atoms with Gasteiger partial charge in [0.15, 0.2) is 0 Å². The first-order valence-corrected chi connectivity index (χ1v) is 3.98. The molecule has 9 heavy (non-hydrogen) atoms. The van der Waals surface area contributed by atoms with Crippen molar-refractivity contribution in [2.75, 3.05) is 0 Å². The molecule has 0 aliphatic rings. The summed E-state index contributed by atoms with van der Waals surface area (Å²) in [5, 5.41) is 0.234.